The summed E-state index contributed by atoms with van der Waals surface area (Å²) in [7, 11) is -7.20. The van der Waals surface area contributed by atoms with Crippen LogP contribution in [0.5, 0.6) is 0 Å². The van der Waals surface area contributed by atoms with Gasteiger partial charge in [-0.15, -0.1) is 0 Å². The van der Waals surface area contributed by atoms with Gasteiger partial charge in [0.25, 0.3) is 15.9 Å². The number of sulfonamides is 1. The molecule has 1 aliphatic rings. The highest BCUT2D eigenvalue weighted by Gasteiger charge is 2.33. The molecular weight excluding hydrogens is 290 g/mol. The number of hydrogen-bond acceptors (Lipinski definition) is 5. The number of carbonyl (C=O) groups excluding carboxylic acids is 1. The number of carbonyl (C=O) groups is 1. The van der Waals surface area contributed by atoms with Crippen LogP contribution in [0.25, 0.3) is 4.91 Å². The van der Waals surface area contributed by atoms with Gasteiger partial charge in [-0.05, 0) is 24.6 Å². The van der Waals surface area contributed by atoms with Gasteiger partial charge in [0.15, 0.2) is 9.84 Å². The van der Waals surface area contributed by atoms with Crippen molar-refractivity contribution < 1.29 is 21.6 Å². The molecule has 2 rings (SSSR count). The topological polar surface area (TPSA) is 97.4 Å². The van der Waals surface area contributed by atoms with E-state index >= 15 is 0 Å². The summed E-state index contributed by atoms with van der Waals surface area (Å²) in [5, 5.41) is 0. The molecule has 0 aromatic heterocycles. The van der Waals surface area contributed by atoms with Crippen LogP contribution in [-0.4, -0.2) is 29.0 Å². The van der Waals surface area contributed by atoms with Crippen molar-refractivity contribution in [2.45, 2.75) is 11.8 Å². The van der Waals surface area contributed by atoms with Crippen LogP contribution >= 0.6 is 0 Å². The molecule has 0 fully saturated rings. The molecule has 19 heavy (non-hydrogen) atoms. The Morgan fingerprint density at radius 1 is 1.11 bits per heavy atom. The molecule has 0 bridgehead atoms. The van der Waals surface area contributed by atoms with Crippen molar-refractivity contribution >= 4 is 30.7 Å². The molecule has 102 valence electrons. The van der Waals surface area contributed by atoms with Crippen molar-refractivity contribution in [3.8, 4) is 0 Å². The van der Waals surface area contributed by atoms with Gasteiger partial charge in [-0.3, -0.25) is 4.79 Å². The molecule has 0 saturated heterocycles. The number of benzene rings is 1. The lowest BCUT2D eigenvalue weighted by Crippen LogP contribution is -2.22. The van der Waals surface area contributed by atoms with Crippen LogP contribution in [0.2, 0.25) is 0 Å². The van der Waals surface area contributed by atoms with Crippen LogP contribution in [0.1, 0.15) is 12.5 Å². The minimum Gasteiger partial charge on any atom is -0.269 e. The molecular formula is C11H11NO5S2. The summed E-state index contributed by atoms with van der Waals surface area (Å²) >= 11 is 0. The molecule has 0 aliphatic carbocycles. The standard InChI is InChI=1S/C11H11NO5S2/c1-7-10(19(16,17)12-11(7)13)8-3-5-9(6-4-8)18(2,14)15/h3-6H,1-2H3,(H,12,13). The Morgan fingerprint density at radius 2 is 1.63 bits per heavy atom. The van der Waals surface area contributed by atoms with E-state index in [4.69, 9.17) is 0 Å². The summed E-state index contributed by atoms with van der Waals surface area (Å²) in [5.74, 6) is -0.665. The third-order valence-electron chi connectivity index (χ3n) is 2.72. The average molecular weight is 301 g/mol. The van der Waals surface area contributed by atoms with Gasteiger partial charge in [0.2, 0.25) is 0 Å². The van der Waals surface area contributed by atoms with E-state index in [1.165, 1.54) is 31.2 Å². The van der Waals surface area contributed by atoms with Crippen LogP contribution in [0.3, 0.4) is 0 Å². The molecule has 0 spiro atoms. The van der Waals surface area contributed by atoms with E-state index in [1.54, 1.807) is 0 Å². The predicted octanol–water partition coefficient (Wildman–Crippen LogP) is 0.281. The molecule has 0 saturated carbocycles. The highest BCUT2D eigenvalue weighted by Crippen LogP contribution is 2.29. The van der Waals surface area contributed by atoms with E-state index in [2.05, 4.69) is 0 Å². The highest BCUT2D eigenvalue weighted by molar-refractivity contribution is 8.00. The summed E-state index contributed by atoms with van der Waals surface area (Å²) < 4.78 is 48.0. The first-order valence-corrected chi connectivity index (χ1v) is 8.59. The van der Waals surface area contributed by atoms with Crippen LogP contribution in [0.15, 0.2) is 34.7 Å². The molecule has 1 aliphatic heterocycles. The first-order valence-electron chi connectivity index (χ1n) is 5.21. The SMILES string of the molecule is CC1=C(c2ccc(S(C)(=O)=O)cc2)S(=O)(=O)NC1=O. The second-order valence-electron chi connectivity index (χ2n) is 4.19. The Balaban J connectivity index is 2.58. The quantitative estimate of drug-likeness (QED) is 0.846. The minimum absolute atomic E-state index is 0.0872. The maximum absolute atomic E-state index is 11.8. The zero-order valence-electron chi connectivity index (χ0n) is 10.2. The number of sulfone groups is 1. The lowest BCUT2D eigenvalue weighted by atomic mass is 10.1. The smallest absolute Gasteiger partial charge is 0.265 e. The largest absolute Gasteiger partial charge is 0.269 e. The summed E-state index contributed by atoms with van der Waals surface area (Å²) in [4.78, 5) is 11.3. The molecule has 0 radical (unpaired) electrons. The van der Waals surface area contributed by atoms with E-state index < -0.39 is 25.8 Å². The van der Waals surface area contributed by atoms with Crippen molar-refractivity contribution in [2.75, 3.05) is 6.26 Å². The molecule has 6 nitrogen and oxygen atoms in total. The molecule has 0 unspecified atom stereocenters. The lowest BCUT2D eigenvalue weighted by Gasteiger charge is -2.04. The Hall–Kier alpha value is -1.67. The van der Waals surface area contributed by atoms with Crippen molar-refractivity contribution in [3.63, 3.8) is 0 Å². The van der Waals surface area contributed by atoms with E-state index in [-0.39, 0.29) is 20.9 Å². The van der Waals surface area contributed by atoms with Gasteiger partial charge >= 0.3 is 0 Å². The fraction of sp³-hybridized carbons (Fsp3) is 0.182. The molecule has 1 amide bonds. The van der Waals surface area contributed by atoms with Crippen molar-refractivity contribution in [1.29, 1.82) is 0 Å². The van der Waals surface area contributed by atoms with Gasteiger partial charge in [0, 0.05) is 11.8 Å². The molecule has 1 aromatic carbocycles. The Kier molecular flexibility index (Phi) is 3.02. The van der Waals surface area contributed by atoms with Crippen LogP contribution in [-0.2, 0) is 24.7 Å². The summed E-state index contributed by atoms with van der Waals surface area (Å²) in [6.07, 6.45) is 1.06. The van der Waals surface area contributed by atoms with Crippen molar-refractivity contribution in [2.24, 2.45) is 0 Å². The third kappa shape index (κ3) is 2.41. The lowest BCUT2D eigenvalue weighted by molar-refractivity contribution is -0.115. The van der Waals surface area contributed by atoms with Gasteiger partial charge in [-0.25, -0.2) is 21.6 Å². The predicted molar refractivity (Wildman–Crippen MR) is 69.2 cm³/mol. The Labute approximate surface area is 111 Å². The number of hydrogen-bond donors (Lipinski definition) is 1. The second-order valence-corrected chi connectivity index (χ2v) is 7.82. The fourth-order valence-electron chi connectivity index (χ4n) is 1.78. The number of amides is 1. The first-order chi connectivity index (χ1) is 8.63. The average Bonchev–Trinajstić information content (AvgIpc) is 2.47. The molecule has 8 heteroatoms. The van der Waals surface area contributed by atoms with Crippen LogP contribution in [0, 0.1) is 0 Å². The van der Waals surface area contributed by atoms with Gasteiger partial charge in [-0.2, -0.15) is 0 Å². The van der Waals surface area contributed by atoms with Crippen molar-refractivity contribution in [3.05, 3.63) is 35.4 Å². The minimum atomic E-state index is -3.86. The summed E-state index contributed by atoms with van der Waals surface area (Å²) in [5.41, 5.74) is 0.371. The molecule has 1 aromatic rings. The zero-order chi connectivity index (χ0) is 14.4. The van der Waals surface area contributed by atoms with E-state index in [9.17, 15) is 21.6 Å². The summed E-state index contributed by atoms with van der Waals surface area (Å²) in [6, 6.07) is 5.35. The van der Waals surface area contributed by atoms with Gasteiger partial charge < -0.3 is 0 Å². The van der Waals surface area contributed by atoms with E-state index in [1.807, 2.05) is 4.72 Å². The van der Waals surface area contributed by atoms with Crippen molar-refractivity contribution in [1.82, 2.24) is 4.72 Å². The third-order valence-corrected chi connectivity index (χ3v) is 5.38. The monoisotopic (exact) mass is 301 g/mol. The highest BCUT2D eigenvalue weighted by atomic mass is 32.2. The summed E-state index contributed by atoms with van der Waals surface area (Å²) in [6.45, 7) is 1.40. The Morgan fingerprint density at radius 3 is 2.00 bits per heavy atom. The van der Waals surface area contributed by atoms with Gasteiger partial charge in [0.1, 0.15) is 4.91 Å². The van der Waals surface area contributed by atoms with E-state index in [0.29, 0.717) is 0 Å². The number of rotatable bonds is 2. The zero-order valence-corrected chi connectivity index (χ0v) is 11.8. The molecule has 1 heterocycles. The number of nitrogens with one attached hydrogen (secondary N) is 1. The first kappa shape index (κ1) is 13.8. The molecule has 0 atom stereocenters. The maximum atomic E-state index is 11.8. The van der Waals surface area contributed by atoms with Crippen LogP contribution in [0.4, 0.5) is 0 Å². The Bertz CT molecular complexity index is 786. The fourth-order valence-corrected chi connectivity index (χ4v) is 3.85. The van der Waals surface area contributed by atoms with E-state index in [0.717, 1.165) is 6.26 Å². The normalized spacial score (nSPS) is 18.5. The molecule has 1 N–H and O–H groups in total. The maximum Gasteiger partial charge on any atom is 0.265 e. The second kappa shape index (κ2) is 4.17. The van der Waals surface area contributed by atoms with Gasteiger partial charge in [0.05, 0.1) is 4.90 Å². The van der Waals surface area contributed by atoms with Gasteiger partial charge in [-0.1, -0.05) is 12.1 Å². The van der Waals surface area contributed by atoms with Crippen LogP contribution < -0.4 is 4.72 Å².